The molecule has 0 spiro atoms. The van der Waals surface area contributed by atoms with Crippen LogP contribution >= 0.6 is 24.0 Å². The summed E-state index contributed by atoms with van der Waals surface area (Å²) in [6, 6.07) is -0.0978. The number of nitrogens with one attached hydrogen (secondary N) is 2. The highest BCUT2D eigenvalue weighted by Crippen LogP contribution is 1.86. The second-order valence-electron chi connectivity index (χ2n) is 2.48. The fourth-order valence-corrected chi connectivity index (χ4v) is 0.958. The molecule has 1 aliphatic rings. The van der Waals surface area contributed by atoms with Crippen LogP contribution in [0.4, 0.5) is 0 Å². The molecule has 0 aromatic rings. The molecule has 0 fully saturated rings. The molecule has 13 heavy (non-hydrogen) atoms. The lowest BCUT2D eigenvalue weighted by Gasteiger charge is -2.12. The highest BCUT2D eigenvalue weighted by Gasteiger charge is 2.09. The number of hydrogen-bond donors (Lipinski definition) is 2. The summed E-state index contributed by atoms with van der Waals surface area (Å²) in [4.78, 5) is 4.15. The maximum atomic E-state index is 5.26. The molecule has 1 aliphatic heterocycles. The number of guanidine groups is 1. The van der Waals surface area contributed by atoms with Crippen LogP contribution in [0.1, 0.15) is 0 Å². The Labute approximate surface area is 95.5 Å². The van der Waals surface area contributed by atoms with E-state index in [0.29, 0.717) is 6.61 Å². The first-order valence-electron chi connectivity index (χ1n) is 3.86. The third-order valence-corrected chi connectivity index (χ3v) is 1.52. The van der Waals surface area contributed by atoms with E-state index in [1.165, 1.54) is 0 Å². The quantitative estimate of drug-likeness (QED) is 0.560. The Morgan fingerprint density at radius 2 is 2.62 bits per heavy atom. The SMILES string of the molecule is C#CC(COC)NC1=NCCN1.I. The van der Waals surface area contributed by atoms with E-state index < -0.39 is 0 Å². The van der Waals surface area contributed by atoms with Crippen LogP contribution in [0, 0.1) is 12.3 Å². The van der Waals surface area contributed by atoms with Crippen molar-refractivity contribution in [1.29, 1.82) is 0 Å². The van der Waals surface area contributed by atoms with Crippen molar-refractivity contribution in [3.63, 3.8) is 0 Å². The van der Waals surface area contributed by atoms with Crippen LogP contribution in [0.25, 0.3) is 0 Å². The molecule has 2 N–H and O–H groups in total. The van der Waals surface area contributed by atoms with E-state index in [1.54, 1.807) is 7.11 Å². The monoisotopic (exact) mass is 295 g/mol. The van der Waals surface area contributed by atoms with Gasteiger partial charge in [0, 0.05) is 13.7 Å². The second kappa shape index (κ2) is 6.97. The normalized spacial score (nSPS) is 16.2. The fourth-order valence-electron chi connectivity index (χ4n) is 0.958. The van der Waals surface area contributed by atoms with Crippen LogP contribution < -0.4 is 10.6 Å². The summed E-state index contributed by atoms with van der Waals surface area (Å²) in [5.74, 6) is 3.35. The van der Waals surface area contributed by atoms with Gasteiger partial charge in [0.2, 0.25) is 0 Å². The van der Waals surface area contributed by atoms with Gasteiger partial charge in [0.1, 0.15) is 6.04 Å². The first-order valence-corrected chi connectivity index (χ1v) is 3.86. The van der Waals surface area contributed by atoms with E-state index in [2.05, 4.69) is 21.5 Å². The molecule has 0 saturated heterocycles. The Bertz CT molecular complexity index is 212. The summed E-state index contributed by atoms with van der Waals surface area (Å²) >= 11 is 0. The van der Waals surface area contributed by atoms with Crippen molar-refractivity contribution >= 4 is 29.9 Å². The van der Waals surface area contributed by atoms with Gasteiger partial charge in [-0.25, -0.2) is 0 Å². The van der Waals surface area contributed by atoms with Crippen molar-refractivity contribution < 1.29 is 4.74 Å². The number of nitrogens with zero attached hydrogens (tertiary/aromatic N) is 1. The number of methoxy groups -OCH3 is 1. The van der Waals surface area contributed by atoms with E-state index in [4.69, 9.17) is 11.2 Å². The van der Waals surface area contributed by atoms with Gasteiger partial charge in [-0.15, -0.1) is 30.4 Å². The van der Waals surface area contributed by atoms with E-state index >= 15 is 0 Å². The summed E-state index contributed by atoms with van der Waals surface area (Å²) in [6.45, 7) is 2.19. The molecule has 0 radical (unpaired) electrons. The van der Waals surface area contributed by atoms with Gasteiger partial charge >= 0.3 is 0 Å². The molecular formula is C8H14IN3O. The Hall–Kier alpha value is -0.480. The van der Waals surface area contributed by atoms with Gasteiger partial charge in [0.05, 0.1) is 13.2 Å². The maximum absolute atomic E-state index is 5.26. The van der Waals surface area contributed by atoms with Crippen molar-refractivity contribution in [2.45, 2.75) is 6.04 Å². The molecule has 0 aromatic carbocycles. The van der Waals surface area contributed by atoms with Crippen LogP contribution in [0.2, 0.25) is 0 Å². The number of ether oxygens (including phenoxy) is 1. The largest absolute Gasteiger partial charge is 0.382 e. The van der Waals surface area contributed by atoms with Crippen LogP contribution in [0.3, 0.4) is 0 Å². The first-order chi connectivity index (χ1) is 5.86. The van der Waals surface area contributed by atoms with Crippen molar-refractivity contribution in [3.05, 3.63) is 0 Å². The number of rotatable bonds is 3. The molecule has 1 heterocycles. The highest BCUT2D eigenvalue weighted by atomic mass is 127. The molecule has 0 aliphatic carbocycles. The topological polar surface area (TPSA) is 45.6 Å². The van der Waals surface area contributed by atoms with Crippen molar-refractivity contribution in [2.24, 2.45) is 4.99 Å². The minimum atomic E-state index is -0.0978. The Morgan fingerprint density at radius 3 is 3.08 bits per heavy atom. The van der Waals surface area contributed by atoms with Crippen molar-refractivity contribution in [2.75, 3.05) is 26.8 Å². The molecule has 1 atom stereocenters. The summed E-state index contributed by atoms with van der Waals surface area (Å²) in [5.41, 5.74) is 0. The minimum absolute atomic E-state index is 0. The second-order valence-corrected chi connectivity index (χ2v) is 2.48. The molecular weight excluding hydrogens is 281 g/mol. The van der Waals surface area contributed by atoms with Crippen LogP contribution in [-0.4, -0.2) is 38.8 Å². The minimum Gasteiger partial charge on any atom is -0.382 e. The first kappa shape index (κ1) is 12.5. The molecule has 1 rings (SSSR count). The molecule has 0 amide bonds. The average molecular weight is 295 g/mol. The van der Waals surface area contributed by atoms with Gasteiger partial charge in [-0.05, 0) is 0 Å². The molecule has 74 valence electrons. The predicted octanol–water partition coefficient (Wildman–Crippen LogP) is -0.199. The summed E-state index contributed by atoms with van der Waals surface area (Å²) in [5, 5.41) is 6.11. The Morgan fingerprint density at radius 1 is 1.85 bits per heavy atom. The van der Waals surface area contributed by atoms with Crippen LogP contribution in [-0.2, 0) is 4.74 Å². The van der Waals surface area contributed by atoms with Crippen molar-refractivity contribution in [3.8, 4) is 12.3 Å². The third kappa shape index (κ3) is 4.33. The van der Waals surface area contributed by atoms with Gasteiger partial charge in [0.15, 0.2) is 5.96 Å². The maximum Gasteiger partial charge on any atom is 0.192 e. The smallest absolute Gasteiger partial charge is 0.192 e. The fraction of sp³-hybridized carbons (Fsp3) is 0.625. The van der Waals surface area contributed by atoms with E-state index in [9.17, 15) is 0 Å². The van der Waals surface area contributed by atoms with Gasteiger partial charge in [-0.2, -0.15) is 0 Å². The molecule has 0 aromatic heterocycles. The third-order valence-electron chi connectivity index (χ3n) is 1.52. The van der Waals surface area contributed by atoms with Crippen LogP contribution in [0.15, 0.2) is 4.99 Å². The molecule has 0 bridgehead atoms. The van der Waals surface area contributed by atoms with Crippen LogP contribution in [0.5, 0.6) is 0 Å². The number of aliphatic imine (C=N–C) groups is 1. The van der Waals surface area contributed by atoms with E-state index in [1.807, 2.05) is 0 Å². The zero-order valence-electron chi connectivity index (χ0n) is 7.54. The molecule has 5 heteroatoms. The molecule has 1 unspecified atom stereocenters. The predicted molar refractivity (Wildman–Crippen MR) is 63.4 cm³/mol. The standard InChI is InChI=1S/C8H13N3O.HI/c1-3-7(6-12-2)11-8-9-4-5-10-8;/h1,7H,4-6H2,2H3,(H2,9,10,11);1H. The number of terminal acetylenes is 1. The van der Waals surface area contributed by atoms with E-state index in [-0.39, 0.29) is 30.0 Å². The zero-order chi connectivity index (χ0) is 8.81. The van der Waals surface area contributed by atoms with Gasteiger partial charge in [-0.3, -0.25) is 4.99 Å². The van der Waals surface area contributed by atoms with Gasteiger partial charge in [-0.1, -0.05) is 5.92 Å². The Kier molecular flexibility index (Phi) is 6.72. The lowest BCUT2D eigenvalue weighted by Crippen LogP contribution is -2.42. The summed E-state index contributed by atoms with van der Waals surface area (Å²) in [6.07, 6.45) is 5.26. The Balaban J connectivity index is 0.00000144. The van der Waals surface area contributed by atoms with Gasteiger partial charge in [0.25, 0.3) is 0 Å². The highest BCUT2D eigenvalue weighted by molar-refractivity contribution is 14.0. The number of halogens is 1. The van der Waals surface area contributed by atoms with Crippen molar-refractivity contribution in [1.82, 2.24) is 10.6 Å². The molecule has 4 nitrogen and oxygen atoms in total. The van der Waals surface area contributed by atoms with Gasteiger partial charge < -0.3 is 15.4 Å². The molecule has 0 saturated carbocycles. The zero-order valence-corrected chi connectivity index (χ0v) is 9.87. The average Bonchev–Trinajstić information content (AvgIpc) is 2.56. The number of hydrogen-bond acceptors (Lipinski definition) is 4. The summed E-state index contributed by atoms with van der Waals surface area (Å²) in [7, 11) is 1.62. The summed E-state index contributed by atoms with van der Waals surface area (Å²) < 4.78 is 4.92. The lowest BCUT2D eigenvalue weighted by atomic mass is 10.3. The lowest BCUT2D eigenvalue weighted by molar-refractivity contribution is 0.189. The van der Waals surface area contributed by atoms with E-state index in [0.717, 1.165) is 19.0 Å².